The van der Waals surface area contributed by atoms with Gasteiger partial charge in [0.2, 0.25) is 0 Å². The fourth-order valence-corrected chi connectivity index (χ4v) is 4.10. The molecule has 1 N–H and O–H groups in total. The largest absolute Gasteiger partial charge is 0.313 e. The summed E-state index contributed by atoms with van der Waals surface area (Å²) in [6, 6.07) is 4.40. The van der Waals surface area contributed by atoms with Crippen molar-refractivity contribution in [1.82, 2.24) is 5.32 Å². The number of rotatable bonds is 6. The smallest absolute Gasteiger partial charge is 0.129 e. The lowest BCUT2D eigenvalue weighted by atomic mass is 9.96. The number of nitrogens with one attached hydrogen (secondary N) is 1. The minimum Gasteiger partial charge on any atom is -0.313 e. The third-order valence-electron chi connectivity index (χ3n) is 5.08. The Labute approximate surface area is 119 Å². The lowest BCUT2D eigenvalue weighted by Gasteiger charge is -2.21. The van der Waals surface area contributed by atoms with Crippen molar-refractivity contribution in [3.63, 3.8) is 0 Å². The minimum absolute atomic E-state index is 0.233. The molecule has 1 aromatic carbocycles. The molecule has 0 heterocycles. The molecule has 0 aliphatic heterocycles. The molecule has 2 saturated carbocycles. The molecular weight excluding hydrogens is 256 g/mol. The molecule has 2 fully saturated rings. The van der Waals surface area contributed by atoms with E-state index in [-0.39, 0.29) is 11.6 Å². The average Bonchev–Trinajstić information content (AvgIpc) is 2.91. The summed E-state index contributed by atoms with van der Waals surface area (Å²) in [5.74, 6) is 1.44. The van der Waals surface area contributed by atoms with Gasteiger partial charge < -0.3 is 5.32 Å². The van der Waals surface area contributed by atoms with Crippen LogP contribution in [-0.4, -0.2) is 12.6 Å². The maximum Gasteiger partial charge on any atom is 0.129 e. The minimum atomic E-state index is -0.404. The molecule has 3 atom stereocenters. The Bertz CT molecular complexity index is 444. The average molecular weight is 279 g/mol. The van der Waals surface area contributed by atoms with E-state index in [4.69, 9.17) is 0 Å². The van der Waals surface area contributed by atoms with Crippen molar-refractivity contribution in [1.29, 1.82) is 0 Å². The second-order valence-electron chi connectivity index (χ2n) is 6.30. The molecule has 2 aliphatic carbocycles. The van der Waals surface area contributed by atoms with Crippen molar-refractivity contribution in [2.75, 3.05) is 6.54 Å². The van der Waals surface area contributed by atoms with Crippen molar-refractivity contribution in [2.24, 2.45) is 17.8 Å². The molecule has 0 spiro atoms. The molecule has 2 aliphatic rings. The molecule has 0 radical (unpaired) electrons. The Balaban J connectivity index is 1.73. The Kier molecular flexibility index (Phi) is 4.06. The summed E-state index contributed by atoms with van der Waals surface area (Å²) in [6.07, 6.45) is 5.48. The monoisotopic (exact) mass is 279 g/mol. The lowest BCUT2D eigenvalue weighted by molar-refractivity contribution is 0.392. The van der Waals surface area contributed by atoms with Crippen molar-refractivity contribution < 1.29 is 8.78 Å². The van der Waals surface area contributed by atoms with Crippen LogP contribution in [-0.2, 0) is 6.42 Å². The van der Waals surface area contributed by atoms with Crippen LogP contribution in [0.15, 0.2) is 18.2 Å². The highest BCUT2D eigenvalue weighted by Crippen LogP contribution is 2.59. The van der Waals surface area contributed by atoms with Crippen LogP contribution in [0.4, 0.5) is 8.78 Å². The number of hydrogen-bond acceptors (Lipinski definition) is 1. The Morgan fingerprint density at radius 1 is 1.20 bits per heavy atom. The van der Waals surface area contributed by atoms with E-state index in [1.165, 1.54) is 37.5 Å². The molecule has 0 amide bonds. The first-order valence-corrected chi connectivity index (χ1v) is 7.88. The molecule has 20 heavy (non-hydrogen) atoms. The van der Waals surface area contributed by atoms with Crippen LogP contribution < -0.4 is 5.32 Å². The summed E-state index contributed by atoms with van der Waals surface area (Å²) in [4.78, 5) is 0. The van der Waals surface area contributed by atoms with E-state index in [9.17, 15) is 8.78 Å². The topological polar surface area (TPSA) is 12.0 Å². The quantitative estimate of drug-likeness (QED) is 0.832. The molecule has 0 aromatic heterocycles. The van der Waals surface area contributed by atoms with E-state index >= 15 is 0 Å². The van der Waals surface area contributed by atoms with Crippen molar-refractivity contribution >= 4 is 0 Å². The standard InChI is InChI=1S/C17H23F2N/c1-2-9-20-16(17-11-5-3-6-12(11)17)10-13-14(18)7-4-8-15(13)19/h4,7-8,11-12,16-17,20H,2-3,5-6,9-10H2,1H3. The highest BCUT2D eigenvalue weighted by atomic mass is 19.1. The summed E-state index contributed by atoms with van der Waals surface area (Å²) < 4.78 is 27.7. The molecule has 110 valence electrons. The highest BCUT2D eigenvalue weighted by molar-refractivity contribution is 5.22. The molecule has 0 bridgehead atoms. The van der Waals surface area contributed by atoms with Gasteiger partial charge in [-0.3, -0.25) is 0 Å². The molecule has 0 saturated heterocycles. The molecule has 1 aromatic rings. The molecule has 3 heteroatoms. The van der Waals surface area contributed by atoms with Gasteiger partial charge in [-0.2, -0.15) is 0 Å². The van der Waals surface area contributed by atoms with E-state index in [1.807, 2.05) is 0 Å². The van der Waals surface area contributed by atoms with Gasteiger partial charge in [-0.05, 0) is 62.1 Å². The van der Waals surface area contributed by atoms with E-state index < -0.39 is 11.6 Å². The zero-order valence-electron chi connectivity index (χ0n) is 12.0. The summed E-state index contributed by atoms with van der Waals surface area (Å²) >= 11 is 0. The van der Waals surface area contributed by atoms with Crippen molar-refractivity contribution in [3.05, 3.63) is 35.4 Å². The number of halogens is 2. The number of fused-ring (bicyclic) bond motifs is 1. The molecule has 3 unspecified atom stereocenters. The Morgan fingerprint density at radius 2 is 1.85 bits per heavy atom. The maximum absolute atomic E-state index is 13.8. The predicted molar refractivity (Wildman–Crippen MR) is 76.5 cm³/mol. The predicted octanol–water partition coefficient (Wildman–Crippen LogP) is 3.92. The van der Waals surface area contributed by atoms with Crippen LogP contribution in [0.1, 0.15) is 38.2 Å². The van der Waals surface area contributed by atoms with Gasteiger partial charge in [-0.25, -0.2) is 8.78 Å². The van der Waals surface area contributed by atoms with Gasteiger partial charge in [0.05, 0.1) is 0 Å². The summed E-state index contributed by atoms with van der Waals surface area (Å²) in [7, 11) is 0. The fraction of sp³-hybridized carbons (Fsp3) is 0.647. The van der Waals surface area contributed by atoms with Crippen LogP contribution in [0.5, 0.6) is 0 Å². The second kappa shape index (κ2) is 5.80. The first-order valence-electron chi connectivity index (χ1n) is 7.88. The van der Waals surface area contributed by atoms with Gasteiger partial charge in [0.15, 0.2) is 0 Å². The molecular formula is C17H23F2N. The van der Waals surface area contributed by atoms with Crippen LogP contribution >= 0.6 is 0 Å². The Hall–Kier alpha value is -0.960. The first-order chi connectivity index (χ1) is 9.72. The highest BCUT2D eigenvalue weighted by Gasteiger charge is 2.55. The van der Waals surface area contributed by atoms with E-state index in [0.717, 1.165) is 24.8 Å². The SMILES string of the molecule is CCCNC(Cc1c(F)cccc1F)C1C2CCCC21. The van der Waals surface area contributed by atoms with E-state index in [2.05, 4.69) is 12.2 Å². The van der Waals surface area contributed by atoms with Gasteiger partial charge in [0, 0.05) is 11.6 Å². The maximum atomic E-state index is 13.8. The third-order valence-corrected chi connectivity index (χ3v) is 5.08. The van der Waals surface area contributed by atoms with E-state index in [0.29, 0.717) is 12.3 Å². The molecule has 1 nitrogen and oxygen atoms in total. The third kappa shape index (κ3) is 2.60. The first kappa shape index (κ1) is 14.0. The van der Waals surface area contributed by atoms with Gasteiger partial charge in [-0.15, -0.1) is 0 Å². The van der Waals surface area contributed by atoms with Gasteiger partial charge in [0.25, 0.3) is 0 Å². The van der Waals surface area contributed by atoms with Crippen molar-refractivity contribution in [3.8, 4) is 0 Å². The van der Waals surface area contributed by atoms with Crippen LogP contribution in [0, 0.1) is 29.4 Å². The van der Waals surface area contributed by atoms with Gasteiger partial charge >= 0.3 is 0 Å². The summed E-state index contributed by atoms with van der Waals surface area (Å²) in [5.41, 5.74) is 0.256. The number of hydrogen-bond donors (Lipinski definition) is 1. The fourth-order valence-electron chi connectivity index (χ4n) is 4.10. The van der Waals surface area contributed by atoms with Gasteiger partial charge in [-0.1, -0.05) is 19.4 Å². The van der Waals surface area contributed by atoms with Crippen LogP contribution in [0.3, 0.4) is 0 Å². The van der Waals surface area contributed by atoms with Gasteiger partial charge in [0.1, 0.15) is 11.6 Å². The van der Waals surface area contributed by atoms with E-state index in [1.54, 1.807) is 0 Å². The zero-order chi connectivity index (χ0) is 14.1. The second-order valence-corrected chi connectivity index (χ2v) is 6.30. The lowest BCUT2D eigenvalue weighted by Crippen LogP contribution is -2.35. The van der Waals surface area contributed by atoms with Crippen LogP contribution in [0.25, 0.3) is 0 Å². The summed E-state index contributed by atoms with van der Waals surface area (Å²) in [6.45, 7) is 3.05. The zero-order valence-corrected chi connectivity index (χ0v) is 12.0. The van der Waals surface area contributed by atoms with Crippen LogP contribution in [0.2, 0.25) is 0 Å². The Morgan fingerprint density at radius 3 is 2.45 bits per heavy atom. The normalized spacial score (nSPS) is 29.2. The number of benzene rings is 1. The molecule has 3 rings (SSSR count). The van der Waals surface area contributed by atoms with Crippen molar-refractivity contribution in [2.45, 2.75) is 45.1 Å². The summed E-state index contributed by atoms with van der Waals surface area (Å²) in [5, 5.41) is 3.53.